The predicted molar refractivity (Wildman–Crippen MR) is 62.9 cm³/mol. The van der Waals surface area contributed by atoms with Crippen LogP contribution in [0.4, 0.5) is 0 Å². The van der Waals surface area contributed by atoms with Crippen LogP contribution in [0.15, 0.2) is 0 Å². The van der Waals surface area contributed by atoms with Gasteiger partial charge in [0.2, 0.25) is 0 Å². The molecule has 0 aromatic rings. The van der Waals surface area contributed by atoms with E-state index in [0.29, 0.717) is 24.2 Å². The number of ether oxygens (including phenoxy) is 1. The maximum absolute atomic E-state index is 11.3. The second-order valence-corrected chi connectivity index (χ2v) is 5.09. The average Bonchev–Trinajstić information content (AvgIpc) is 2.30. The Bertz CT molecular complexity index is 227. The largest absolute Gasteiger partial charge is 0.462 e. The van der Waals surface area contributed by atoms with Crippen molar-refractivity contribution in [2.75, 3.05) is 6.61 Å². The van der Waals surface area contributed by atoms with Crippen LogP contribution in [-0.4, -0.2) is 23.8 Å². The van der Waals surface area contributed by atoms with Crippen molar-refractivity contribution in [2.24, 2.45) is 17.8 Å². The van der Waals surface area contributed by atoms with Gasteiger partial charge in [0.25, 0.3) is 0 Å². The first kappa shape index (κ1) is 13.5. The minimum absolute atomic E-state index is 0.0557. The van der Waals surface area contributed by atoms with E-state index in [1.807, 2.05) is 6.92 Å². The molecular weight excluding hydrogens is 204 g/mol. The summed E-state index contributed by atoms with van der Waals surface area (Å²) in [5.41, 5.74) is 0. The molecule has 94 valence electrons. The molecule has 0 amide bonds. The number of aliphatic hydroxyl groups excluding tert-OH is 1. The topological polar surface area (TPSA) is 46.5 Å². The molecule has 3 unspecified atom stereocenters. The monoisotopic (exact) mass is 228 g/mol. The van der Waals surface area contributed by atoms with E-state index in [9.17, 15) is 4.79 Å². The van der Waals surface area contributed by atoms with E-state index in [-0.39, 0.29) is 18.7 Å². The molecule has 1 saturated carbocycles. The third-order valence-corrected chi connectivity index (χ3v) is 3.83. The summed E-state index contributed by atoms with van der Waals surface area (Å²) < 4.78 is 5.46. The van der Waals surface area contributed by atoms with Crippen molar-refractivity contribution in [2.45, 2.75) is 52.6 Å². The van der Waals surface area contributed by atoms with Gasteiger partial charge in [-0.1, -0.05) is 20.8 Å². The summed E-state index contributed by atoms with van der Waals surface area (Å²) in [4.78, 5) is 11.3. The average molecular weight is 228 g/mol. The van der Waals surface area contributed by atoms with Gasteiger partial charge in [0.05, 0.1) is 0 Å². The normalized spacial score (nSPS) is 32.1. The van der Waals surface area contributed by atoms with Gasteiger partial charge in [-0.3, -0.25) is 4.79 Å². The first-order chi connectivity index (χ1) is 7.58. The van der Waals surface area contributed by atoms with Gasteiger partial charge in [0, 0.05) is 13.0 Å². The van der Waals surface area contributed by atoms with Crippen molar-refractivity contribution >= 4 is 5.97 Å². The highest BCUT2D eigenvalue weighted by molar-refractivity contribution is 5.69. The SMILES string of the molecule is CCC(=O)OC1C[C@@H](C(C)CO)CCC1C. The zero-order chi connectivity index (χ0) is 12.1. The molecule has 0 bridgehead atoms. The summed E-state index contributed by atoms with van der Waals surface area (Å²) in [5, 5.41) is 9.16. The van der Waals surface area contributed by atoms with Gasteiger partial charge in [-0.05, 0) is 37.0 Å². The van der Waals surface area contributed by atoms with Crippen LogP contribution in [0.5, 0.6) is 0 Å². The second-order valence-electron chi connectivity index (χ2n) is 5.09. The molecule has 0 heterocycles. The van der Waals surface area contributed by atoms with E-state index in [4.69, 9.17) is 9.84 Å². The third-order valence-electron chi connectivity index (χ3n) is 3.83. The van der Waals surface area contributed by atoms with Crippen LogP contribution in [0.25, 0.3) is 0 Å². The van der Waals surface area contributed by atoms with Gasteiger partial charge < -0.3 is 9.84 Å². The smallest absolute Gasteiger partial charge is 0.305 e. The van der Waals surface area contributed by atoms with Gasteiger partial charge in [-0.25, -0.2) is 0 Å². The molecule has 1 rings (SSSR count). The standard InChI is InChI=1S/C13H24O3/c1-4-13(15)16-12-7-11(10(3)8-14)6-5-9(12)2/h9-12,14H,4-8H2,1-3H3/t9?,10?,11-,12?/m0/s1. The molecule has 1 aliphatic carbocycles. The number of esters is 1. The Labute approximate surface area is 98.2 Å². The molecule has 4 atom stereocenters. The van der Waals surface area contributed by atoms with Crippen LogP contribution in [0.3, 0.4) is 0 Å². The Kier molecular flexibility index (Phi) is 5.26. The van der Waals surface area contributed by atoms with Crippen LogP contribution in [0, 0.1) is 17.8 Å². The maximum Gasteiger partial charge on any atom is 0.305 e. The van der Waals surface area contributed by atoms with E-state index in [0.717, 1.165) is 19.3 Å². The van der Waals surface area contributed by atoms with Gasteiger partial charge in [-0.15, -0.1) is 0 Å². The molecule has 3 nitrogen and oxygen atoms in total. The van der Waals surface area contributed by atoms with Crippen LogP contribution in [0.2, 0.25) is 0 Å². The summed E-state index contributed by atoms with van der Waals surface area (Å²) in [6, 6.07) is 0. The fourth-order valence-corrected chi connectivity index (χ4v) is 2.39. The summed E-state index contributed by atoms with van der Waals surface area (Å²) >= 11 is 0. The third kappa shape index (κ3) is 3.48. The highest BCUT2D eigenvalue weighted by atomic mass is 16.5. The lowest BCUT2D eigenvalue weighted by atomic mass is 9.75. The Balaban J connectivity index is 2.51. The van der Waals surface area contributed by atoms with E-state index in [2.05, 4.69) is 13.8 Å². The summed E-state index contributed by atoms with van der Waals surface area (Å²) in [7, 11) is 0. The van der Waals surface area contributed by atoms with Crippen LogP contribution in [0.1, 0.15) is 46.5 Å². The molecule has 3 heteroatoms. The highest BCUT2D eigenvalue weighted by Gasteiger charge is 2.32. The number of hydrogen-bond donors (Lipinski definition) is 1. The second kappa shape index (κ2) is 6.24. The van der Waals surface area contributed by atoms with Crippen LogP contribution >= 0.6 is 0 Å². The van der Waals surface area contributed by atoms with Crippen molar-refractivity contribution in [1.82, 2.24) is 0 Å². The number of hydrogen-bond acceptors (Lipinski definition) is 3. The van der Waals surface area contributed by atoms with E-state index in [1.165, 1.54) is 0 Å². The molecule has 16 heavy (non-hydrogen) atoms. The molecule has 1 aliphatic rings. The lowest BCUT2D eigenvalue weighted by molar-refractivity contribution is -0.154. The van der Waals surface area contributed by atoms with E-state index in [1.54, 1.807) is 0 Å². The molecular formula is C13H24O3. The van der Waals surface area contributed by atoms with Gasteiger partial charge in [0.15, 0.2) is 0 Å². The van der Waals surface area contributed by atoms with Crippen molar-refractivity contribution in [1.29, 1.82) is 0 Å². The Morgan fingerprint density at radius 2 is 2.19 bits per heavy atom. The maximum atomic E-state index is 11.3. The summed E-state index contributed by atoms with van der Waals surface area (Å²) in [6.07, 6.45) is 3.65. The first-order valence-corrected chi connectivity index (χ1v) is 6.38. The van der Waals surface area contributed by atoms with E-state index < -0.39 is 0 Å². The number of aliphatic hydroxyl groups is 1. The molecule has 0 aromatic carbocycles. The predicted octanol–water partition coefficient (Wildman–Crippen LogP) is 2.37. The highest BCUT2D eigenvalue weighted by Crippen LogP contribution is 2.35. The Morgan fingerprint density at radius 1 is 1.50 bits per heavy atom. The van der Waals surface area contributed by atoms with E-state index >= 15 is 0 Å². The Hall–Kier alpha value is -0.570. The fraction of sp³-hybridized carbons (Fsp3) is 0.923. The van der Waals surface area contributed by atoms with Gasteiger partial charge >= 0.3 is 5.97 Å². The molecule has 0 aromatic heterocycles. The molecule has 0 aliphatic heterocycles. The molecule has 1 N–H and O–H groups in total. The van der Waals surface area contributed by atoms with Gasteiger partial charge in [0.1, 0.15) is 6.10 Å². The van der Waals surface area contributed by atoms with Crippen molar-refractivity contribution in [3.8, 4) is 0 Å². The summed E-state index contributed by atoms with van der Waals surface area (Å²) in [6.45, 7) is 6.27. The Morgan fingerprint density at radius 3 is 2.75 bits per heavy atom. The van der Waals surface area contributed by atoms with Crippen molar-refractivity contribution in [3.05, 3.63) is 0 Å². The lowest BCUT2D eigenvalue weighted by Gasteiger charge is -2.36. The van der Waals surface area contributed by atoms with Crippen LogP contribution < -0.4 is 0 Å². The fourth-order valence-electron chi connectivity index (χ4n) is 2.39. The molecule has 0 saturated heterocycles. The molecule has 1 fully saturated rings. The molecule has 0 spiro atoms. The number of carbonyl (C=O) groups is 1. The minimum atomic E-state index is -0.103. The number of carbonyl (C=O) groups excluding carboxylic acids is 1. The van der Waals surface area contributed by atoms with Crippen molar-refractivity contribution < 1.29 is 14.6 Å². The first-order valence-electron chi connectivity index (χ1n) is 6.38. The lowest BCUT2D eigenvalue weighted by Crippen LogP contribution is -2.34. The minimum Gasteiger partial charge on any atom is -0.462 e. The zero-order valence-corrected chi connectivity index (χ0v) is 10.6. The van der Waals surface area contributed by atoms with Crippen LogP contribution in [-0.2, 0) is 9.53 Å². The zero-order valence-electron chi connectivity index (χ0n) is 10.6. The molecule has 0 radical (unpaired) electrons. The number of rotatable bonds is 4. The van der Waals surface area contributed by atoms with Gasteiger partial charge in [-0.2, -0.15) is 0 Å². The summed E-state index contributed by atoms with van der Waals surface area (Å²) in [5.74, 6) is 1.16. The quantitative estimate of drug-likeness (QED) is 0.751. The van der Waals surface area contributed by atoms with Crippen molar-refractivity contribution in [3.63, 3.8) is 0 Å².